The van der Waals surface area contributed by atoms with Crippen LogP contribution in [0.2, 0.25) is 0 Å². The van der Waals surface area contributed by atoms with Gasteiger partial charge in [-0.1, -0.05) is 0 Å². The first-order valence-corrected chi connectivity index (χ1v) is 12.8. The van der Waals surface area contributed by atoms with Crippen molar-refractivity contribution in [1.82, 2.24) is 39.9 Å². The maximum absolute atomic E-state index is 13.5. The number of carbonyl (C=O) groups excluding carboxylic acids is 1. The third-order valence-corrected chi connectivity index (χ3v) is 7.50. The SMILES string of the molecule is Cc1n[nH]c(C)c1-c1nc(N2CCOCC2)c2nc(C(=O)N3CCC(N4CCOCC4)CC3)[nH]c2n1. The molecule has 0 aromatic carbocycles. The van der Waals surface area contributed by atoms with Crippen LogP contribution in [0.3, 0.4) is 0 Å². The summed E-state index contributed by atoms with van der Waals surface area (Å²) in [6.07, 6.45) is 1.93. The number of nitrogens with zero attached hydrogens (tertiary/aromatic N) is 7. The van der Waals surface area contributed by atoms with Gasteiger partial charge in [0.1, 0.15) is 0 Å². The maximum atomic E-state index is 13.5. The summed E-state index contributed by atoms with van der Waals surface area (Å²) in [5.41, 5.74) is 3.79. The average molecular weight is 496 g/mol. The topological polar surface area (TPSA) is 128 Å². The number of hydrogen-bond acceptors (Lipinski definition) is 9. The van der Waals surface area contributed by atoms with Crippen LogP contribution in [-0.2, 0) is 9.47 Å². The van der Waals surface area contributed by atoms with Crippen LogP contribution in [0.15, 0.2) is 0 Å². The maximum Gasteiger partial charge on any atom is 0.289 e. The number of piperidine rings is 1. The summed E-state index contributed by atoms with van der Waals surface area (Å²) in [7, 11) is 0. The van der Waals surface area contributed by atoms with Crippen molar-refractivity contribution >= 4 is 22.9 Å². The number of fused-ring (bicyclic) bond motifs is 1. The molecule has 0 radical (unpaired) electrons. The lowest BCUT2D eigenvalue weighted by Crippen LogP contribution is -2.50. The van der Waals surface area contributed by atoms with Gasteiger partial charge in [0.2, 0.25) is 0 Å². The van der Waals surface area contributed by atoms with E-state index in [-0.39, 0.29) is 5.91 Å². The third-order valence-electron chi connectivity index (χ3n) is 7.50. The van der Waals surface area contributed by atoms with E-state index in [0.29, 0.717) is 55.2 Å². The normalized spacial score (nSPS) is 20.4. The van der Waals surface area contributed by atoms with Gasteiger partial charge in [-0.3, -0.25) is 14.8 Å². The Morgan fingerprint density at radius 3 is 2.28 bits per heavy atom. The van der Waals surface area contributed by atoms with E-state index in [2.05, 4.69) is 25.0 Å². The van der Waals surface area contributed by atoms with Crippen LogP contribution in [0.25, 0.3) is 22.6 Å². The van der Waals surface area contributed by atoms with Crippen LogP contribution >= 0.6 is 0 Å². The molecule has 3 fully saturated rings. The molecule has 6 rings (SSSR count). The predicted molar refractivity (Wildman–Crippen MR) is 133 cm³/mol. The molecule has 12 nitrogen and oxygen atoms in total. The molecule has 0 aliphatic carbocycles. The second-order valence-corrected chi connectivity index (χ2v) is 9.73. The molecular formula is C24H33N9O3. The molecule has 3 aliphatic heterocycles. The third kappa shape index (κ3) is 4.33. The number of ether oxygens (including phenoxy) is 2. The van der Waals surface area contributed by atoms with Crippen LogP contribution < -0.4 is 4.90 Å². The monoisotopic (exact) mass is 495 g/mol. The highest BCUT2D eigenvalue weighted by Crippen LogP contribution is 2.30. The molecule has 3 aromatic rings. The Bertz CT molecular complexity index is 1220. The van der Waals surface area contributed by atoms with Gasteiger partial charge >= 0.3 is 0 Å². The van der Waals surface area contributed by atoms with Crippen LogP contribution in [-0.4, -0.2) is 118 Å². The number of hydrogen-bond donors (Lipinski definition) is 2. The van der Waals surface area contributed by atoms with Crippen LogP contribution in [0, 0.1) is 13.8 Å². The number of aromatic amines is 2. The molecule has 0 atom stereocenters. The van der Waals surface area contributed by atoms with Crippen molar-refractivity contribution in [2.75, 3.05) is 70.6 Å². The summed E-state index contributed by atoms with van der Waals surface area (Å²) in [4.78, 5) is 37.7. The molecule has 3 saturated heterocycles. The second-order valence-electron chi connectivity index (χ2n) is 9.73. The van der Waals surface area contributed by atoms with Gasteiger partial charge < -0.3 is 24.3 Å². The van der Waals surface area contributed by atoms with Gasteiger partial charge in [0.05, 0.1) is 37.7 Å². The summed E-state index contributed by atoms with van der Waals surface area (Å²) in [5.74, 6) is 1.52. The van der Waals surface area contributed by atoms with Crippen LogP contribution in [0.1, 0.15) is 34.8 Å². The number of aryl methyl sites for hydroxylation is 2. The molecule has 12 heteroatoms. The van der Waals surface area contributed by atoms with Crippen molar-refractivity contribution < 1.29 is 14.3 Å². The van der Waals surface area contributed by atoms with E-state index < -0.39 is 0 Å². The van der Waals surface area contributed by atoms with Crippen molar-refractivity contribution in [2.24, 2.45) is 0 Å². The molecule has 0 saturated carbocycles. The fourth-order valence-electron chi connectivity index (χ4n) is 5.50. The molecule has 3 aliphatic rings. The average Bonchev–Trinajstić information content (AvgIpc) is 3.51. The fraction of sp³-hybridized carbons (Fsp3) is 0.625. The standard InChI is InChI=1S/C24H33N9O3/c1-15-18(16(2)30-29-15)20-26-21-19(23(28-20)32-9-13-36-14-10-32)25-22(27-21)24(34)33-5-3-17(4-6-33)31-7-11-35-12-8-31/h17H,3-14H2,1-2H3,(H,29,30)(H,25,26,27,28). The second kappa shape index (κ2) is 9.75. The number of likely N-dealkylation sites (tertiary alicyclic amines) is 1. The number of H-pyrrole nitrogens is 2. The zero-order valence-electron chi connectivity index (χ0n) is 20.9. The number of imidazole rings is 1. The predicted octanol–water partition coefficient (Wildman–Crippen LogP) is 1.13. The van der Waals surface area contributed by atoms with Crippen molar-refractivity contribution in [3.8, 4) is 11.4 Å². The summed E-state index contributed by atoms with van der Waals surface area (Å²) < 4.78 is 11.0. The van der Waals surface area contributed by atoms with Gasteiger partial charge in [0.15, 0.2) is 28.6 Å². The zero-order valence-corrected chi connectivity index (χ0v) is 20.9. The molecule has 0 spiro atoms. The van der Waals surface area contributed by atoms with Gasteiger partial charge in [0.25, 0.3) is 5.91 Å². The fourth-order valence-corrected chi connectivity index (χ4v) is 5.50. The lowest BCUT2D eigenvalue weighted by atomic mass is 10.0. The highest BCUT2D eigenvalue weighted by atomic mass is 16.5. The first-order valence-electron chi connectivity index (χ1n) is 12.8. The quantitative estimate of drug-likeness (QED) is 0.547. The van der Waals surface area contributed by atoms with E-state index >= 15 is 0 Å². The first-order chi connectivity index (χ1) is 17.6. The molecule has 0 unspecified atom stereocenters. The minimum Gasteiger partial charge on any atom is -0.379 e. The van der Waals surface area contributed by atoms with E-state index in [9.17, 15) is 4.79 Å². The number of carbonyl (C=O) groups is 1. The number of rotatable bonds is 4. The van der Waals surface area contributed by atoms with Crippen molar-refractivity contribution in [2.45, 2.75) is 32.7 Å². The zero-order chi connectivity index (χ0) is 24.6. The van der Waals surface area contributed by atoms with Gasteiger partial charge in [0, 0.05) is 51.0 Å². The number of anilines is 1. The highest BCUT2D eigenvalue weighted by molar-refractivity contribution is 5.96. The summed E-state index contributed by atoms with van der Waals surface area (Å²) in [6, 6.07) is 0.511. The van der Waals surface area contributed by atoms with Gasteiger partial charge in [-0.25, -0.2) is 15.0 Å². The molecule has 192 valence electrons. The Kier molecular flexibility index (Phi) is 6.32. The Balaban J connectivity index is 1.29. The van der Waals surface area contributed by atoms with Crippen molar-refractivity contribution in [1.29, 1.82) is 0 Å². The molecule has 2 N–H and O–H groups in total. The minimum absolute atomic E-state index is 0.0847. The van der Waals surface area contributed by atoms with Gasteiger partial charge in [-0.15, -0.1) is 0 Å². The molecule has 1 amide bonds. The van der Waals surface area contributed by atoms with Crippen LogP contribution in [0.4, 0.5) is 5.82 Å². The summed E-state index contributed by atoms with van der Waals surface area (Å²) in [6.45, 7) is 11.5. The lowest BCUT2D eigenvalue weighted by molar-refractivity contribution is 0.00147. The molecule has 0 bridgehead atoms. The summed E-state index contributed by atoms with van der Waals surface area (Å²) in [5, 5.41) is 7.33. The number of amides is 1. The van der Waals surface area contributed by atoms with E-state index in [1.54, 1.807) is 0 Å². The molecular weight excluding hydrogens is 462 g/mol. The Hall–Kier alpha value is -3.09. The summed E-state index contributed by atoms with van der Waals surface area (Å²) >= 11 is 0. The molecule has 36 heavy (non-hydrogen) atoms. The van der Waals surface area contributed by atoms with Gasteiger partial charge in [-0.2, -0.15) is 5.10 Å². The smallest absolute Gasteiger partial charge is 0.289 e. The number of nitrogens with one attached hydrogen (secondary N) is 2. The van der Waals surface area contributed by atoms with Crippen molar-refractivity contribution in [3.63, 3.8) is 0 Å². The van der Waals surface area contributed by atoms with E-state index in [0.717, 1.165) is 75.0 Å². The van der Waals surface area contributed by atoms with E-state index in [1.807, 2.05) is 18.7 Å². The molecule has 6 heterocycles. The lowest BCUT2D eigenvalue weighted by Gasteiger charge is -2.39. The Morgan fingerprint density at radius 2 is 1.61 bits per heavy atom. The van der Waals surface area contributed by atoms with Gasteiger partial charge in [-0.05, 0) is 26.7 Å². The number of aromatic nitrogens is 6. The molecule has 3 aromatic heterocycles. The Labute approximate surface area is 209 Å². The highest BCUT2D eigenvalue weighted by Gasteiger charge is 2.30. The largest absolute Gasteiger partial charge is 0.379 e. The Morgan fingerprint density at radius 1 is 0.917 bits per heavy atom. The van der Waals surface area contributed by atoms with Crippen molar-refractivity contribution in [3.05, 3.63) is 17.2 Å². The first kappa shape index (κ1) is 23.3. The van der Waals surface area contributed by atoms with Crippen LogP contribution in [0.5, 0.6) is 0 Å². The number of morpholine rings is 2. The van der Waals surface area contributed by atoms with E-state index in [4.69, 9.17) is 24.4 Å². The van der Waals surface area contributed by atoms with E-state index in [1.165, 1.54) is 0 Å². The minimum atomic E-state index is -0.0847.